The maximum absolute atomic E-state index is 13.0. The fourth-order valence-electron chi connectivity index (χ4n) is 3.11. The highest BCUT2D eigenvalue weighted by Gasteiger charge is 2.20. The molecule has 1 N–H and O–H groups in total. The van der Waals surface area contributed by atoms with E-state index in [1.807, 2.05) is 42.7 Å². The summed E-state index contributed by atoms with van der Waals surface area (Å²) in [6.45, 7) is 1.81. The second-order valence-corrected chi connectivity index (χ2v) is 7.47. The van der Waals surface area contributed by atoms with E-state index in [4.69, 9.17) is 4.42 Å². The molecule has 0 radical (unpaired) electrons. The highest BCUT2D eigenvalue weighted by molar-refractivity contribution is 7.98. The van der Waals surface area contributed by atoms with Crippen LogP contribution in [0.1, 0.15) is 27.2 Å². The van der Waals surface area contributed by atoms with Crippen LogP contribution in [-0.2, 0) is 6.42 Å². The Hall–Kier alpha value is -3.45. The van der Waals surface area contributed by atoms with Crippen LogP contribution in [-0.4, -0.2) is 27.1 Å². The van der Waals surface area contributed by atoms with Crippen molar-refractivity contribution in [1.29, 1.82) is 0 Å². The third-order valence-corrected chi connectivity index (χ3v) is 5.27. The van der Waals surface area contributed by atoms with Gasteiger partial charge in [0.25, 0.3) is 5.91 Å². The second-order valence-electron chi connectivity index (χ2n) is 6.68. The Kier molecular flexibility index (Phi) is 5.90. The number of hydrogen-bond acceptors (Lipinski definition) is 6. The lowest BCUT2D eigenvalue weighted by Crippen LogP contribution is -2.17. The molecule has 150 valence electrons. The van der Waals surface area contributed by atoms with Crippen molar-refractivity contribution in [3.63, 3.8) is 0 Å². The number of aromatic nitrogens is 3. The van der Waals surface area contributed by atoms with E-state index < -0.39 is 0 Å². The monoisotopic (exact) mass is 416 g/mol. The summed E-state index contributed by atoms with van der Waals surface area (Å²) < 4.78 is 5.39. The number of nitrogens with one attached hydrogen (secondary N) is 1. The number of carbonyl (C=O) groups excluding carboxylic acids is 1. The summed E-state index contributed by atoms with van der Waals surface area (Å²) in [5.41, 5.74) is 4.15. The van der Waals surface area contributed by atoms with Gasteiger partial charge in [-0.05, 0) is 67.1 Å². The molecule has 4 rings (SSSR count). The van der Waals surface area contributed by atoms with Crippen LogP contribution in [0.4, 0.5) is 5.69 Å². The van der Waals surface area contributed by atoms with Gasteiger partial charge in [0.1, 0.15) is 5.03 Å². The first-order valence-corrected chi connectivity index (χ1v) is 10.6. The third-order valence-electron chi connectivity index (χ3n) is 4.59. The van der Waals surface area contributed by atoms with Crippen molar-refractivity contribution in [3.05, 3.63) is 89.6 Å². The first-order chi connectivity index (χ1) is 14.6. The number of benzene rings is 1. The molecule has 4 aromatic rings. The number of thioether (sulfide) groups is 1. The molecule has 7 heteroatoms. The van der Waals surface area contributed by atoms with E-state index in [0.717, 1.165) is 17.7 Å². The van der Waals surface area contributed by atoms with Crippen LogP contribution in [0.2, 0.25) is 0 Å². The van der Waals surface area contributed by atoms with Gasteiger partial charge >= 0.3 is 0 Å². The Morgan fingerprint density at radius 2 is 1.77 bits per heavy atom. The molecular formula is C23H20N4O2S. The average Bonchev–Trinajstić information content (AvgIpc) is 3.30. The van der Waals surface area contributed by atoms with Crippen LogP contribution in [0.15, 0.2) is 76.6 Å². The lowest BCUT2D eigenvalue weighted by Gasteiger charge is -2.12. The zero-order chi connectivity index (χ0) is 20.9. The number of furan rings is 1. The van der Waals surface area contributed by atoms with Crippen molar-refractivity contribution < 1.29 is 9.21 Å². The number of rotatable bonds is 6. The van der Waals surface area contributed by atoms with Gasteiger partial charge in [-0.1, -0.05) is 12.1 Å². The first kappa shape index (κ1) is 19.8. The summed E-state index contributed by atoms with van der Waals surface area (Å²) in [6, 6.07) is 15.4. The Labute approximate surface area is 178 Å². The molecule has 6 nitrogen and oxygen atoms in total. The topological polar surface area (TPSA) is 80.9 Å². The van der Waals surface area contributed by atoms with Gasteiger partial charge in [0, 0.05) is 18.1 Å². The average molecular weight is 417 g/mol. The fraction of sp³-hybridized carbons (Fsp3) is 0.130. The molecule has 0 aliphatic heterocycles. The highest BCUT2D eigenvalue weighted by atomic mass is 32.2. The minimum atomic E-state index is -0.232. The molecule has 0 saturated carbocycles. The van der Waals surface area contributed by atoms with Crippen LogP contribution < -0.4 is 5.32 Å². The normalized spacial score (nSPS) is 10.7. The Bertz CT molecular complexity index is 1140. The predicted molar refractivity (Wildman–Crippen MR) is 118 cm³/mol. The van der Waals surface area contributed by atoms with Gasteiger partial charge in [-0.2, -0.15) is 0 Å². The molecule has 0 aliphatic rings. The zero-order valence-electron chi connectivity index (χ0n) is 16.6. The number of anilines is 1. The van der Waals surface area contributed by atoms with E-state index in [9.17, 15) is 4.79 Å². The molecule has 0 saturated heterocycles. The second kappa shape index (κ2) is 8.92. The SMILES string of the molecule is CSc1nc(-c2ccco2)nc(C)c1C(=O)Nc1ccc(Cc2ccncc2)cc1. The maximum atomic E-state index is 13.0. The number of amides is 1. The molecule has 3 heterocycles. The van der Waals surface area contributed by atoms with Crippen molar-refractivity contribution >= 4 is 23.4 Å². The summed E-state index contributed by atoms with van der Waals surface area (Å²) >= 11 is 1.40. The Morgan fingerprint density at radius 3 is 2.43 bits per heavy atom. The third kappa shape index (κ3) is 4.41. The molecule has 0 spiro atoms. The lowest BCUT2D eigenvalue weighted by atomic mass is 10.1. The smallest absolute Gasteiger partial charge is 0.260 e. The van der Waals surface area contributed by atoms with E-state index in [0.29, 0.717) is 27.9 Å². The van der Waals surface area contributed by atoms with Crippen molar-refractivity contribution in [2.45, 2.75) is 18.4 Å². The first-order valence-electron chi connectivity index (χ1n) is 9.39. The van der Waals surface area contributed by atoms with E-state index >= 15 is 0 Å². The highest BCUT2D eigenvalue weighted by Crippen LogP contribution is 2.26. The molecule has 3 aromatic heterocycles. The van der Waals surface area contributed by atoms with Crippen LogP contribution in [0.25, 0.3) is 11.6 Å². The minimum Gasteiger partial charge on any atom is -0.461 e. The largest absolute Gasteiger partial charge is 0.461 e. The summed E-state index contributed by atoms with van der Waals surface area (Å²) in [5, 5.41) is 3.57. The molecule has 0 unspecified atom stereocenters. The Morgan fingerprint density at radius 1 is 1.03 bits per heavy atom. The van der Waals surface area contributed by atoms with Crippen LogP contribution in [0, 0.1) is 6.92 Å². The number of pyridine rings is 1. The lowest BCUT2D eigenvalue weighted by molar-refractivity contribution is 0.102. The molecule has 0 atom stereocenters. The fourth-order valence-corrected chi connectivity index (χ4v) is 3.73. The standard InChI is InChI=1S/C23H20N4O2S/c1-15-20(23(30-2)27-21(25-15)19-4-3-13-29-19)22(28)26-18-7-5-16(6-8-18)14-17-9-11-24-12-10-17/h3-13H,14H2,1-2H3,(H,26,28). The number of carbonyl (C=O) groups is 1. The van der Waals surface area contributed by atoms with Gasteiger partial charge in [0.05, 0.1) is 17.5 Å². The Balaban J connectivity index is 1.52. The summed E-state index contributed by atoms with van der Waals surface area (Å²) in [4.78, 5) is 26.0. The summed E-state index contributed by atoms with van der Waals surface area (Å²) in [7, 11) is 0. The van der Waals surface area contributed by atoms with Gasteiger partial charge in [-0.15, -0.1) is 11.8 Å². The van der Waals surface area contributed by atoms with Crippen molar-refractivity contribution in [2.75, 3.05) is 11.6 Å². The van der Waals surface area contributed by atoms with Gasteiger partial charge in [0.2, 0.25) is 0 Å². The molecular weight excluding hydrogens is 396 g/mol. The molecule has 1 amide bonds. The van der Waals surface area contributed by atoms with E-state index in [1.165, 1.54) is 17.3 Å². The minimum absolute atomic E-state index is 0.232. The van der Waals surface area contributed by atoms with Gasteiger partial charge in [-0.3, -0.25) is 9.78 Å². The van der Waals surface area contributed by atoms with Crippen molar-refractivity contribution in [2.24, 2.45) is 0 Å². The van der Waals surface area contributed by atoms with E-state index in [1.54, 1.807) is 37.7 Å². The van der Waals surface area contributed by atoms with Crippen LogP contribution in [0.3, 0.4) is 0 Å². The number of nitrogens with zero attached hydrogens (tertiary/aromatic N) is 3. The van der Waals surface area contributed by atoms with Crippen molar-refractivity contribution in [1.82, 2.24) is 15.0 Å². The van der Waals surface area contributed by atoms with Crippen LogP contribution in [0.5, 0.6) is 0 Å². The van der Waals surface area contributed by atoms with E-state index in [-0.39, 0.29) is 5.91 Å². The molecule has 30 heavy (non-hydrogen) atoms. The van der Waals surface area contributed by atoms with E-state index in [2.05, 4.69) is 20.3 Å². The van der Waals surface area contributed by atoms with Gasteiger partial charge in [-0.25, -0.2) is 9.97 Å². The summed E-state index contributed by atoms with van der Waals surface area (Å²) in [5.74, 6) is 0.814. The van der Waals surface area contributed by atoms with Gasteiger partial charge in [0.15, 0.2) is 11.6 Å². The van der Waals surface area contributed by atoms with Crippen molar-refractivity contribution in [3.8, 4) is 11.6 Å². The predicted octanol–water partition coefficient (Wildman–Crippen LogP) is 5.01. The molecule has 0 fully saturated rings. The van der Waals surface area contributed by atoms with Gasteiger partial charge < -0.3 is 9.73 Å². The quantitative estimate of drug-likeness (QED) is 0.352. The zero-order valence-corrected chi connectivity index (χ0v) is 17.4. The molecule has 1 aromatic carbocycles. The maximum Gasteiger partial charge on any atom is 0.260 e. The molecule has 0 aliphatic carbocycles. The number of aryl methyl sites for hydroxylation is 1. The number of hydrogen-bond donors (Lipinski definition) is 1. The van der Waals surface area contributed by atoms with Crippen LogP contribution >= 0.6 is 11.8 Å². The molecule has 0 bridgehead atoms. The summed E-state index contributed by atoms with van der Waals surface area (Å²) in [6.07, 6.45) is 7.85.